The van der Waals surface area contributed by atoms with E-state index in [0.717, 1.165) is 24.4 Å². The Morgan fingerprint density at radius 2 is 1.96 bits per heavy atom. The Bertz CT molecular complexity index is 619. The molecule has 2 N–H and O–H groups in total. The minimum atomic E-state index is 0.624. The number of nitrogens with zero attached hydrogens (tertiary/aromatic N) is 2. The van der Waals surface area contributed by atoms with Crippen LogP contribution >= 0.6 is 0 Å². The van der Waals surface area contributed by atoms with Crippen LogP contribution in [0.15, 0.2) is 30.5 Å². The van der Waals surface area contributed by atoms with E-state index in [1.807, 2.05) is 24.3 Å². The summed E-state index contributed by atoms with van der Waals surface area (Å²) in [5.41, 5.74) is 0.823. The molecular weight excluding hydrogens is 292 g/mol. The molecule has 0 bridgehead atoms. The van der Waals surface area contributed by atoms with Crippen molar-refractivity contribution in [3.8, 4) is 11.5 Å². The zero-order chi connectivity index (χ0) is 16.5. The second-order valence-electron chi connectivity index (χ2n) is 5.09. The van der Waals surface area contributed by atoms with Gasteiger partial charge in [-0.1, -0.05) is 19.8 Å². The predicted molar refractivity (Wildman–Crippen MR) is 92.9 cm³/mol. The number of rotatable bonds is 9. The second-order valence-corrected chi connectivity index (χ2v) is 5.09. The molecule has 1 aromatic heterocycles. The molecule has 6 heteroatoms. The second kappa shape index (κ2) is 8.82. The SMILES string of the molecule is CCCCCNc1nccc(Nc2ccc(OC)cc2OC)n1. The largest absolute Gasteiger partial charge is 0.497 e. The van der Waals surface area contributed by atoms with Crippen LogP contribution in [0.25, 0.3) is 0 Å². The van der Waals surface area contributed by atoms with Crippen LogP contribution in [0.3, 0.4) is 0 Å². The fourth-order valence-electron chi connectivity index (χ4n) is 2.13. The molecule has 0 atom stereocenters. The molecule has 0 amide bonds. The summed E-state index contributed by atoms with van der Waals surface area (Å²) in [5.74, 6) is 2.77. The maximum absolute atomic E-state index is 5.38. The topological polar surface area (TPSA) is 68.3 Å². The molecule has 0 radical (unpaired) electrons. The number of unbranched alkanes of at least 4 members (excludes halogenated alkanes) is 2. The number of ether oxygens (including phenoxy) is 2. The fourth-order valence-corrected chi connectivity index (χ4v) is 2.13. The number of anilines is 3. The van der Waals surface area contributed by atoms with Gasteiger partial charge >= 0.3 is 0 Å². The van der Waals surface area contributed by atoms with Crippen molar-refractivity contribution >= 4 is 17.5 Å². The monoisotopic (exact) mass is 316 g/mol. The highest BCUT2D eigenvalue weighted by molar-refractivity contribution is 5.66. The van der Waals surface area contributed by atoms with Gasteiger partial charge in [0.1, 0.15) is 17.3 Å². The van der Waals surface area contributed by atoms with E-state index in [-0.39, 0.29) is 0 Å². The van der Waals surface area contributed by atoms with Gasteiger partial charge in [0.25, 0.3) is 0 Å². The quantitative estimate of drug-likeness (QED) is 0.685. The molecule has 0 fully saturated rings. The molecule has 2 aromatic rings. The lowest BCUT2D eigenvalue weighted by Crippen LogP contribution is -2.06. The predicted octanol–water partition coefficient (Wildman–Crippen LogP) is 3.84. The van der Waals surface area contributed by atoms with E-state index < -0.39 is 0 Å². The smallest absolute Gasteiger partial charge is 0.224 e. The van der Waals surface area contributed by atoms with Crippen LogP contribution in [0.4, 0.5) is 17.5 Å². The molecule has 0 saturated carbocycles. The van der Waals surface area contributed by atoms with Crippen molar-refractivity contribution < 1.29 is 9.47 Å². The zero-order valence-electron chi connectivity index (χ0n) is 13.9. The third-order valence-corrected chi connectivity index (χ3v) is 3.39. The zero-order valence-corrected chi connectivity index (χ0v) is 13.9. The molecule has 124 valence electrons. The first-order valence-electron chi connectivity index (χ1n) is 7.82. The molecule has 0 spiro atoms. The standard InChI is InChI=1S/C17H24N4O2/c1-4-5-6-10-18-17-19-11-9-16(21-17)20-14-8-7-13(22-2)12-15(14)23-3/h7-9,11-12H,4-6,10H2,1-3H3,(H2,18,19,20,21). The minimum Gasteiger partial charge on any atom is -0.497 e. The van der Waals surface area contributed by atoms with Crippen molar-refractivity contribution in [2.45, 2.75) is 26.2 Å². The first-order chi connectivity index (χ1) is 11.3. The van der Waals surface area contributed by atoms with Crippen molar-refractivity contribution in [2.24, 2.45) is 0 Å². The number of hydrogen-bond acceptors (Lipinski definition) is 6. The van der Waals surface area contributed by atoms with Gasteiger partial charge in [0.15, 0.2) is 0 Å². The van der Waals surface area contributed by atoms with E-state index in [1.165, 1.54) is 12.8 Å². The van der Waals surface area contributed by atoms with Crippen LogP contribution < -0.4 is 20.1 Å². The minimum absolute atomic E-state index is 0.624. The summed E-state index contributed by atoms with van der Waals surface area (Å²) >= 11 is 0. The first-order valence-corrected chi connectivity index (χ1v) is 7.82. The molecule has 0 unspecified atom stereocenters. The number of methoxy groups -OCH3 is 2. The number of nitrogens with one attached hydrogen (secondary N) is 2. The van der Waals surface area contributed by atoms with E-state index in [9.17, 15) is 0 Å². The summed E-state index contributed by atoms with van der Waals surface area (Å²) < 4.78 is 10.6. The molecule has 0 aliphatic rings. The highest BCUT2D eigenvalue weighted by atomic mass is 16.5. The lowest BCUT2D eigenvalue weighted by molar-refractivity contribution is 0.395. The average molecular weight is 316 g/mol. The summed E-state index contributed by atoms with van der Waals surface area (Å²) in [6.45, 7) is 3.06. The maximum atomic E-state index is 5.38. The van der Waals surface area contributed by atoms with Crippen molar-refractivity contribution in [3.63, 3.8) is 0 Å². The van der Waals surface area contributed by atoms with Gasteiger partial charge in [0, 0.05) is 18.8 Å². The summed E-state index contributed by atoms with van der Waals surface area (Å²) in [5, 5.41) is 6.48. The number of benzene rings is 1. The highest BCUT2D eigenvalue weighted by Gasteiger charge is 2.06. The summed E-state index contributed by atoms with van der Waals surface area (Å²) in [7, 11) is 3.25. The van der Waals surface area contributed by atoms with Crippen LogP contribution in [-0.4, -0.2) is 30.7 Å². The molecule has 0 aliphatic heterocycles. The van der Waals surface area contributed by atoms with Gasteiger partial charge < -0.3 is 20.1 Å². The lowest BCUT2D eigenvalue weighted by atomic mass is 10.2. The Balaban J connectivity index is 2.05. The van der Waals surface area contributed by atoms with Crippen LogP contribution in [0.5, 0.6) is 11.5 Å². The molecule has 23 heavy (non-hydrogen) atoms. The van der Waals surface area contributed by atoms with Gasteiger partial charge in [0.05, 0.1) is 19.9 Å². The van der Waals surface area contributed by atoms with Crippen molar-refractivity contribution in [3.05, 3.63) is 30.5 Å². The van der Waals surface area contributed by atoms with E-state index >= 15 is 0 Å². The molecule has 2 rings (SSSR count). The Morgan fingerprint density at radius 3 is 2.70 bits per heavy atom. The molecule has 0 saturated heterocycles. The Kier molecular flexibility index (Phi) is 6.47. The van der Waals surface area contributed by atoms with E-state index in [0.29, 0.717) is 17.5 Å². The van der Waals surface area contributed by atoms with Crippen LogP contribution in [0.2, 0.25) is 0 Å². The molecule has 0 aliphatic carbocycles. The number of hydrogen-bond donors (Lipinski definition) is 2. The van der Waals surface area contributed by atoms with Gasteiger partial charge in [-0.3, -0.25) is 0 Å². The Hall–Kier alpha value is -2.50. The van der Waals surface area contributed by atoms with Crippen molar-refractivity contribution in [2.75, 3.05) is 31.4 Å². The third-order valence-electron chi connectivity index (χ3n) is 3.39. The van der Waals surface area contributed by atoms with Crippen LogP contribution in [-0.2, 0) is 0 Å². The molecular formula is C17H24N4O2. The van der Waals surface area contributed by atoms with Crippen LogP contribution in [0.1, 0.15) is 26.2 Å². The molecule has 6 nitrogen and oxygen atoms in total. The van der Waals surface area contributed by atoms with Crippen LogP contribution in [0, 0.1) is 0 Å². The summed E-state index contributed by atoms with van der Waals surface area (Å²) in [6, 6.07) is 7.42. The molecule has 1 aromatic carbocycles. The van der Waals surface area contributed by atoms with Gasteiger partial charge in [-0.2, -0.15) is 4.98 Å². The first kappa shape index (κ1) is 16.9. The fraction of sp³-hybridized carbons (Fsp3) is 0.412. The molecule has 1 heterocycles. The van der Waals surface area contributed by atoms with E-state index in [4.69, 9.17) is 9.47 Å². The van der Waals surface area contributed by atoms with Crippen molar-refractivity contribution in [1.29, 1.82) is 0 Å². The van der Waals surface area contributed by atoms with Gasteiger partial charge in [-0.15, -0.1) is 0 Å². The third kappa shape index (κ3) is 5.02. The van der Waals surface area contributed by atoms with Gasteiger partial charge in [-0.25, -0.2) is 4.98 Å². The van der Waals surface area contributed by atoms with E-state index in [1.54, 1.807) is 20.4 Å². The Morgan fingerprint density at radius 1 is 1.09 bits per heavy atom. The lowest BCUT2D eigenvalue weighted by Gasteiger charge is -2.12. The van der Waals surface area contributed by atoms with Gasteiger partial charge in [-0.05, 0) is 24.6 Å². The highest BCUT2D eigenvalue weighted by Crippen LogP contribution is 2.31. The average Bonchev–Trinajstić information content (AvgIpc) is 2.59. The number of aromatic nitrogens is 2. The summed E-state index contributed by atoms with van der Waals surface area (Å²) in [6.07, 6.45) is 5.24. The normalized spacial score (nSPS) is 10.2. The maximum Gasteiger partial charge on any atom is 0.224 e. The Labute approximate surface area is 137 Å². The van der Waals surface area contributed by atoms with Gasteiger partial charge in [0.2, 0.25) is 5.95 Å². The van der Waals surface area contributed by atoms with E-state index in [2.05, 4.69) is 27.5 Å². The van der Waals surface area contributed by atoms with Crippen molar-refractivity contribution in [1.82, 2.24) is 9.97 Å². The summed E-state index contributed by atoms with van der Waals surface area (Å²) in [4.78, 5) is 8.70.